The molecule has 0 saturated carbocycles. The molecule has 4 aromatic carbocycles. The lowest BCUT2D eigenvalue weighted by Gasteiger charge is -2.19. The van der Waals surface area contributed by atoms with Gasteiger partial charge in [0.25, 0.3) is 0 Å². The van der Waals surface area contributed by atoms with Crippen LogP contribution in [-0.4, -0.2) is 5.91 Å². The smallest absolute Gasteiger partial charge is 0.231 e. The number of anilines is 1. The number of rotatable bonds is 4. The number of nitrogens with zero attached hydrogens (tertiary/aromatic N) is 1. The first-order valence-electron chi connectivity index (χ1n) is 10.9. The van der Waals surface area contributed by atoms with Gasteiger partial charge in [0.15, 0.2) is 0 Å². The molecule has 0 radical (unpaired) electrons. The summed E-state index contributed by atoms with van der Waals surface area (Å²) in [5.74, 6) is 6.90. The van der Waals surface area contributed by atoms with E-state index >= 15 is 0 Å². The summed E-state index contributed by atoms with van der Waals surface area (Å²) in [6, 6.07) is 36.9. The Labute approximate surface area is 189 Å². The highest BCUT2D eigenvalue weighted by atomic mass is 16.2. The van der Waals surface area contributed by atoms with E-state index in [1.54, 1.807) is 0 Å². The van der Waals surface area contributed by atoms with E-state index in [2.05, 4.69) is 54.3 Å². The van der Waals surface area contributed by atoms with Crippen LogP contribution in [-0.2, 0) is 17.8 Å². The van der Waals surface area contributed by atoms with Crippen LogP contribution in [0, 0.1) is 11.8 Å². The summed E-state index contributed by atoms with van der Waals surface area (Å²) in [5.41, 5.74) is 6.48. The number of fused-ring (bicyclic) bond motifs is 1. The first kappa shape index (κ1) is 19.8. The Kier molecular flexibility index (Phi) is 5.56. The van der Waals surface area contributed by atoms with Crippen LogP contribution in [0.3, 0.4) is 0 Å². The quantitative estimate of drug-likeness (QED) is 0.378. The van der Waals surface area contributed by atoms with Gasteiger partial charge in [-0.15, -0.1) is 0 Å². The van der Waals surface area contributed by atoms with Crippen molar-refractivity contribution in [2.24, 2.45) is 0 Å². The van der Waals surface area contributed by atoms with Gasteiger partial charge in [-0.1, -0.05) is 103 Å². The molecule has 154 valence electrons. The van der Waals surface area contributed by atoms with E-state index in [0.717, 1.165) is 33.5 Å². The van der Waals surface area contributed by atoms with Crippen molar-refractivity contribution in [3.63, 3.8) is 0 Å². The molecule has 5 rings (SSSR count). The highest BCUT2D eigenvalue weighted by molar-refractivity contribution is 6.01. The first-order valence-corrected chi connectivity index (χ1v) is 10.9. The number of hydrogen-bond acceptors (Lipinski definition) is 1. The van der Waals surface area contributed by atoms with Crippen LogP contribution in [0.4, 0.5) is 5.69 Å². The van der Waals surface area contributed by atoms with Gasteiger partial charge in [0, 0.05) is 11.3 Å². The molecule has 1 amide bonds. The third kappa shape index (κ3) is 4.19. The van der Waals surface area contributed by atoms with Gasteiger partial charge in [0.05, 0.1) is 18.9 Å². The van der Waals surface area contributed by atoms with Crippen molar-refractivity contribution < 1.29 is 4.79 Å². The minimum Gasteiger partial charge on any atom is -0.307 e. The van der Waals surface area contributed by atoms with Crippen LogP contribution in [0.5, 0.6) is 0 Å². The van der Waals surface area contributed by atoms with Crippen molar-refractivity contribution in [1.29, 1.82) is 0 Å². The molecular weight excluding hydrogens is 390 g/mol. The molecule has 4 aromatic rings. The topological polar surface area (TPSA) is 20.3 Å². The van der Waals surface area contributed by atoms with E-state index in [0.29, 0.717) is 13.0 Å². The number of benzene rings is 4. The summed E-state index contributed by atoms with van der Waals surface area (Å²) in [6.45, 7) is 0.599. The van der Waals surface area contributed by atoms with Crippen LogP contribution >= 0.6 is 0 Å². The van der Waals surface area contributed by atoms with Gasteiger partial charge in [0.2, 0.25) is 5.91 Å². The molecule has 2 nitrogen and oxygen atoms in total. The van der Waals surface area contributed by atoms with Crippen molar-refractivity contribution in [1.82, 2.24) is 0 Å². The van der Waals surface area contributed by atoms with E-state index in [1.807, 2.05) is 71.6 Å². The first-order chi connectivity index (χ1) is 15.8. The highest BCUT2D eigenvalue weighted by Gasteiger charge is 2.28. The van der Waals surface area contributed by atoms with Crippen LogP contribution < -0.4 is 4.90 Å². The van der Waals surface area contributed by atoms with Crippen molar-refractivity contribution >= 4 is 11.6 Å². The van der Waals surface area contributed by atoms with Crippen molar-refractivity contribution in [2.45, 2.75) is 18.9 Å². The normalized spacial score (nSPS) is 13.2. The maximum atomic E-state index is 12.8. The van der Waals surface area contributed by atoms with Crippen molar-refractivity contribution in [2.75, 3.05) is 4.90 Å². The maximum Gasteiger partial charge on any atom is 0.231 e. The van der Waals surface area contributed by atoms with Crippen LogP contribution in [0.25, 0.3) is 0 Å². The summed E-state index contributed by atoms with van der Waals surface area (Å²) >= 11 is 0. The number of carbonyl (C=O) groups is 1. The predicted molar refractivity (Wildman–Crippen MR) is 129 cm³/mol. The molecule has 1 aliphatic heterocycles. The Hall–Kier alpha value is -4.09. The van der Waals surface area contributed by atoms with E-state index in [9.17, 15) is 4.79 Å². The highest BCUT2D eigenvalue weighted by Crippen LogP contribution is 2.34. The lowest BCUT2D eigenvalue weighted by molar-refractivity contribution is -0.117. The third-order valence-electron chi connectivity index (χ3n) is 5.82. The Bertz CT molecular complexity index is 1280. The zero-order chi connectivity index (χ0) is 21.8. The van der Waals surface area contributed by atoms with Crippen LogP contribution in [0.15, 0.2) is 109 Å². The number of amides is 1. The van der Waals surface area contributed by atoms with Crippen molar-refractivity contribution in [3.8, 4) is 11.8 Å². The molecular formula is C30H23NO. The molecule has 0 aromatic heterocycles. The molecule has 1 aliphatic rings. The lowest BCUT2D eigenvalue weighted by atomic mass is 9.90. The van der Waals surface area contributed by atoms with E-state index in [-0.39, 0.29) is 11.8 Å². The Morgan fingerprint density at radius 3 is 2.12 bits per heavy atom. The Balaban J connectivity index is 1.49. The van der Waals surface area contributed by atoms with Gasteiger partial charge in [-0.3, -0.25) is 4.79 Å². The van der Waals surface area contributed by atoms with E-state index in [4.69, 9.17) is 0 Å². The molecule has 0 spiro atoms. The second-order valence-corrected chi connectivity index (χ2v) is 8.01. The standard InChI is InChI=1S/C30H23NO/c32-30-21-27-20-26(17-19-29(27)31(30)22-24-12-6-2-7-13-24)28(25-14-8-3-9-15-25)18-16-23-10-4-1-5-11-23/h1-15,17,19-20,28H,21-22H2. The van der Waals surface area contributed by atoms with E-state index < -0.39 is 0 Å². The van der Waals surface area contributed by atoms with Gasteiger partial charge in [0.1, 0.15) is 0 Å². The molecule has 1 atom stereocenters. The number of carbonyl (C=O) groups excluding carboxylic acids is 1. The third-order valence-corrected chi connectivity index (χ3v) is 5.82. The summed E-state index contributed by atoms with van der Waals surface area (Å²) < 4.78 is 0. The summed E-state index contributed by atoms with van der Waals surface area (Å²) in [4.78, 5) is 14.7. The average Bonchev–Trinajstić information content (AvgIpc) is 3.15. The van der Waals surface area contributed by atoms with Crippen molar-refractivity contribution in [3.05, 3.63) is 137 Å². The fraction of sp³-hybridized carbons (Fsp3) is 0.100. The van der Waals surface area contributed by atoms with E-state index in [1.165, 1.54) is 0 Å². The minimum absolute atomic E-state index is 0.0556. The molecule has 0 aliphatic carbocycles. The molecule has 0 bridgehead atoms. The molecule has 32 heavy (non-hydrogen) atoms. The maximum absolute atomic E-state index is 12.8. The lowest BCUT2D eigenvalue weighted by Crippen LogP contribution is -2.25. The van der Waals surface area contributed by atoms with Crippen LogP contribution in [0.2, 0.25) is 0 Å². The fourth-order valence-electron chi connectivity index (χ4n) is 4.20. The monoisotopic (exact) mass is 413 g/mol. The van der Waals surface area contributed by atoms with Gasteiger partial charge in [-0.05, 0) is 40.5 Å². The SMILES string of the molecule is O=C1Cc2cc(C(C#Cc3ccccc3)c3ccccc3)ccc2N1Cc1ccccc1. The summed E-state index contributed by atoms with van der Waals surface area (Å²) in [7, 11) is 0. The minimum atomic E-state index is -0.0556. The second-order valence-electron chi connectivity index (χ2n) is 8.01. The van der Waals surface area contributed by atoms with Gasteiger partial charge < -0.3 is 4.90 Å². The van der Waals surface area contributed by atoms with Gasteiger partial charge in [-0.2, -0.15) is 0 Å². The molecule has 1 heterocycles. The Morgan fingerprint density at radius 1 is 0.750 bits per heavy atom. The molecule has 0 fully saturated rings. The fourth-order valence-corrected chi connectivity index (χ4v) is 4.20. The largest absolute Gasteiger partial charge is 0.307 e. The summed E-state index contributed by atoms with van der Waals surface area (Å²) in [5, 5.41) is 0. The number of hydrogen-bond donors (Lipinski definition) is 0. The zero-order valence-electron chi connectivity index (χ0n) is 17.7. The van der Waals surface area contributed by atoms with Crippen LogP contribution in [0.1, 0.15) is 33.7 Å². The molecule has 1 unspecified atom stereocenters. The average molecular weight is 414 g/mol. The molecule has 0 saturated heterocycles. The van der Waals surface area contributed by atoms with Gasteiger partial charge in [-0.25, -0.2) is 0 Å². The second kappa shape index (κ2) is 8.96. The summed E-state index contributed by atoms with van der Waals surface area (Å²) in [6.07, 6.45) is 0.434. The predicted octanol–water partition coefficient (Wildman–Crippen LogP) is 5.96. The Morgan fingerprint density at radius 2 is 1.41 bits per heavy atom. The molecule has 2 heteroatoms. The molecule has 0 N–H and O–H groups in total. The zero-order valence-corrected chi connectivity index (χ0v) is 17.7. The van der Waals surface area contributed by atoms with Gasteiger partial charge >= 0.3 is 0 Å².